The fourth-order valence-corrected chi connectivity index (χ4v) is 2.47. The van der Waals surface area contributed by atoms with Crippen molar-refractivity contribution in [2.24, 2.45) is 11.7 Å². The van der Waals surface area contributed by atoms with Crippen LogP contribution >= 0.6 is 0 Å². The Morgan fingerprint density at radius 1 is 1.08 bits per heavy atom. The third-order valence-electron chi connectivity index (χ3n) is 3.49. The third-order valence-corrected chi connectivity index (χ3v) is 3.49. The number of nitrogens with two attached hydrogens (primary N) is 1. The molecule has 0 unspecified atom stereocenters. The summed E-state index contributed by atoms with van der Waals surface area (Å²) in [4.78, 5) is 0. The highest BCUT2D eigenvalue weighted by Gasteiger charge is 2.35. The second kappa shape index (κ2) is 3.35. The Hall–Kier alpha value is -0.0800. The Morgan fingerprint density at radius 2 is 1.75 bits per heavy atom. The fraction of sp³-hybridized carbons (Fsp3) is 1.00. The zero-order chi connectivity index (χ0) is 8.44. The average molecular weight is 169 g/mol. The monoisotopic (exact) mass is 169 g/mol. The van der Waals surface area contributed by atoms with Crippen LogP contribution in [-0.4, -0.2) is 30.8 Å². The van der Waals surface area contributed by atoms with Crippen molar-refractivity contribution in [2.75, 3.05) is 26.3 Å². The number of quaternary nitrogens is 1. The van der Waals surface area contributed by atoms with Gasteiger partial charge in [0.1, 0.15) is 6.67 Å². The van der Waals surface area contributed by atoms with Crippen molar-refractivity contribution in [2.45, 2.75) is 32.1 Å². The molecule has 1 aliphatic carbocycles. The van der Waals surface area contributed by atoms with Crippen molar-refractivity contribution < 1.29 is 4.48 Å². The summed E-state index contributed by atoms with van der Waals surface area (Å²) in [6.07, 6.45) is 7.19. The Labute approximate surface area is 75.3 Å². The lowest BCUT2D eigenvalue weighted by molar-refractivity contribution is -0.933. The van der Waals surface area contributed by atoms with E-state index in [0.717, 1.165) is 12.6 Å². The quantitative estimate of drug-likeness (QED) is 0.633. The van der Waals surface area contributed by atoms with Gasteiger partial charge in [0, 0.05) is 5.92 Å². The van der Waals surface area contributed by atoms with E-state index in [2.05, 4.69) is 0 Å². The predicted molar refractivity (Wildman–Crippen MR) is 50.5 cm³/mol. The van der Waals surface area contributed by atoms with E-state index in [1.54, 1.807) is 0 Å². The minimum Gasteiger partial charge on any atom is -0.311 e. The van der Waals surface area contributed by atoms with Crippen molar-refractivity contribution in [3.8, 4) is 0 Å². The first-order valence-corrected chi connectivity index (χ1v) is 5.40. The molecule has 0 radical (unpaired) electrons. The van der Waals surface area contributed by atoms with Crippen molar-refractivity contribution in [1.82, 2.24) is 0 Å². The predicted octanol–water partition coefficient (Wildman–Crippen LogP) is 1.31. The summed E-state index contributed by atoms with van der Waals surface area (Å²) in [5.41, 5.74) is 5.89. The number of piperidine rings is 1. The second-order valence-corrected chi connectivity index (χ2v) is 4.66. The molecular weight excluding hydrogens is 148 g/mol. The lowest BCUT2D eigenvalue weighted by atomic mass is 10.1. The summed E-state index contributed by atoms with van der Waals surface area (Å²) in [5, 5.41) is 0. The van der Waals surface area contributed by atoms with Crippen molar-refractivity contribution >= 4 is 0 Å². The summed E-state index contributed by atoms with van der Waals surface area (Å²) in [7, 11) is 0. The molecule has 2 N–H and O–H groups in total. The standard InChI is InChI=1S/C10H21N2/c11-9-12(8-10-4-5-10)6-2-1-3-7-12/h10H,1-9,11H2/q+1. The van der Waals surface area contributed by atoms with Crippen LogP contribution in [0.25, 0.3) is 0 Å². The van der Waals surface area contributed by atoms with Gasteiger partial charge in [-0.15, -0.1) is 0 Å². The van der Waals surface area contributed by atoms with E-state index in [1.807, 2.05) is 0 Å². The fourth-order valence-electron chi connectivity index (χ4n) is 2.47. The van der Waals surface area contributed by atoms with Gasteiger partial charge in [-0.3, -0.25) is 5.73 Å². The molecule has 0 aromatic heterocycles. The Balaban J connectivity index is 1.90. The van der Waals surface area contributed by atoms with Crippen LogP contribution in [0.2, 0.25) is 0 Å². The first-order chi connectivity index (χ1) is 5.85. The van der Waals surface area contributed by atoms with Crippen LogP contribution in [0.1, 0.15) is 32.1 Å². The molecule has 12 heavy (non-hydrogen) atoms. The molecule has 0 spiro atoms. The molecule has 1 saturated carbocycles. The van der Waals surface area contributed by atoms with Crippen LogP contribution in [0.4, 0.5) is 0 Å². The molecule has 70 valence electrons. The maximum Gasteiger partial charge on any atom is 0.130 e. The van der Waals surface area contributed by atoms with Crippen molar-refractivity contribution in [1.29, 1.82) is 0 Å². The van der Waals surface area contributed by atoms with E-state index < -0.39 is 0 Å². The van der Waals surface area contributed by atoms with Gasteiger partial charge in [-0.2, -0.15) is 0 Å². The lowest BCUT2D eigenvalue weighted by Gasteiger charge is -2.40. The number of likely N-dealkylation sites (tertiary alicyclic amines) is 1. The summed E-state index contributed by atoms with van der Waals surface area (Å²) in [6.45, 7) is 4.98. The zero-order valence-corrected chi connectivity index (χ0v) is 7.97. The van der Waals surface area contributed by atoms with Gasteiger partial charge in [-0.25, -0.2) is 0 Å². The number of hydrogen-bond donors (Lipinski definition) is 1. The minimum atomic E-state index is 0.885. The molecule has 1 saturated heterocycles. The summed E-state index contributed by atoms with van der Waals surface area (Å²) >= 11 is 0. The molecule has 2 aliphatic rings. The highest BCUT2D eigenvalue weighted by Crippen LogP contribution is 2.33. The molecule has 0 amide bonds. The molecular formula is C10H21N2+. The molecule has 0 aromatic carbocycles. The van der Waals surface area contributed by atoms with Gasteiger partial charge in [0.05, 0.1) is 19.6 Å². The smallest absolute Gasteiger partial charge is 0.130 e. The van der Waals surface area contributed by atoms with E-state index in [1.165, 1.54) is 56.2 Å². The number of hydrogen-bond acceptors (Lipinski definition) is 1. The normalized spacial score (nSPS) is 28.8. The van der Waals surface area contributed by atoms with Gasteiger partial charge < -0.3 is 4.48 Å². The summed E-state index contributed by atoms with van der Waals surface area (Å²) in [5.74, 6) is 1.03. The maximum absolute atomic E-state index is 5.89. The van der Waals surface area contributed by atoms with Crippen molar-refractivity contribution in [3.63, 3.8) is 0 Å². The van der Waals surface area contributed by atoms with Gasteiger partial charge >= 0.3 is 0 Å². The molecule has 2 heteroatoms. The van der Waals surface area contributed by atoms with Crippen LogP contribution in [0, 0.1) is 5.92 Å². The number of nitrogens with zero attached hydrogens (tertiary/aromatic N) is 1. The third kappa shape index (κ3) is 1.80. The molecule has 1 aliphatic heterocycles. The SMILES string of the molecule is NC[N+]1(CC2CC2)CCCCC1. The van der Waals surface area contributed by atoms with E-state index >= 15 is 0 Å². The van der Waals surface area contributed by atoms with E-state index in [9.17, 15) is 0 Å². The van der Waals surface area contributed by atoms with E-state index in [-0.39, 0.29) is 0 Å². The molecule has 0 bridgehead atoms. The highest BCUT2D eigenvalue weighted by molar-refractivity contribution is 4.73. The first kappa shape index (κ1) is 8.52. The van der Waals surface area contributed by atoms with Gasteiger partial charge in [-0.1, -0.05) is 0 Å². The Morgan fingerprint density at radius 3 is 2.25 bits per heavy atom. The van der Waals surface area contributed by atoms with Gasteiger partial charge in [0.25, 0.3) is 0 Å². The Bertz CT molecular complexity index is 146. The average Bonchev–Trinajstić information content (AvgIpc) is 2.90. The molecule has 2 rings (SSSR count). The molecule has 0 atom stereocenters. The summed E-state index contributed by atoms with van der Waals surface area (Å²) < 4.78 is 1.24. The van der Waals surface area contributed by atoms with Crippen LogP contribution in [0.5, 0.6) is 0 Å². The minimum absolute atomic E-state index is 0.885. The summed E-state index contributed by atoms with van der Waals surface area (Å²) in [6, 6.07) is 0. The highest BCUT2D eigenvalue weighted by atomic mass is 15.4. The zero-order valence-electron chi connectivity index (χ0n) is 7.97. The number of rotatable bonds is 3. The maximum atomic E-state index is 5.89. The van der Waals surface area contributed by atoms with Gasteiger partial charge in [-0.05, 0) is 32.1 Å². The van der Waals surface area contributed by atoms with Gasteiger partial charge in [0.2, 0.25) is 0 Å². The largest absolute Gasteiger partial charge is 0.311 e. The van der Waals surface area contributed by atoms with Crippen LogP contribution in [-0.2, 0) is 0 Å². The van der Waals surface area contributed by atoms with Crippen molar-refractivity contribution in [3.05, 3.63) is 0 Å². The second-order valence-electron chi connectivity index (χ2n) is 4.66. The van der Waals surface area contributed by atoms with Crippen LogP contribution < -0.4 is 5.73 Å². The topological polar surface area (TPSA) is 26.0 Å². The van der Waals surface area contributed by atoms with Crippen LogP contribution in [0.15, 0.2) is 0 Å². The molecule has 0 aromatic rings. The van der Waals surface area contributed by atoms with E-state index in [0.29, 0.717) is 0 Å². The first-order valence-electron chi connectivity index (χ1n) is 5.40. The molecule has 1 heterocycles. The van der Waals surface area contributed by atoms with E-state index in [4.69, 9.17) is 5.73 Å². The van der Waals surface area contributed by atoms with Gasteiger partial charge in [0.15, 0.2) is 0 Å². The molecule has 2 fully saturated rings. The Kier molecular flexibility index (Phi) is 2.37. The molecule has 2 nitrogen and oxygen atoms in total. The lowest BCUT2D eigenvalue weighted by Crippen LogP contribution is -2.55. The van der Waals surface area contributed by atoms with Crippen LogP contribution in [0.3, 0.4) is 0 Å².